The molecule has 1 unspecified atom stereocenters. The molecule has 84 valence electrons. The van der Waals surface area contributed by atoms with Crippen molar-refractivity contribution in [2.75, 3.05) is 26.1 Å². The molecule has 1 saturated heterocycles. The Morgan fingerprint density at radius 3 is 2.50 bits per heavy atom. The predicted molar refractivity (Wildman–Crippen MR) is 46.8 cm³/mol. The quantitative estimate of drug-likeness (QED) is 0.656. The summed E-state index contributed by atoms with van der Waals surface area (Å²) < 4.78 is 36.2. The van der Waals surface area contributed by atoms with E-state index in [9.17, 15) is 18.1 Å². The topological polar surface area (TPSA) is 43.7 Å². The second-order valence-corrected chi connectivity index (χ2v) is 3.93. The molecule has 0 radical (unpaired) electrons. The Hall–Kier alpha value is -0.265. The number of likely N-dealkylation sites (tertiary alicyclic amines) is 1. The Morgan fingerprint density at radius 2 is 2.00 bits per heavy atom. The van der Waals surface area contributed by atoms with Crippen molar-refractivity contribution in [2.45, 2.75) is 18.4 Å². The lowest BCUT2D eigenvalue weighted by Gasteiger charge is -2.40. The smallest absolute Gasteiger partial charge is 0.448 e. The lowest BCUT2D eigenvalue weighted by molar-refractivity contribution is -0.0644. The third-order valence-electron chi connectivity index (χ3n) is 2.39. The van der Waals surface area contributed by atoms with Gasteiger partial charge in [-0.2, -0.15) is 0 Å². The molecule has 1 aliphatic heterocycles. The molecule has 0 aromatic rings. The van der Waals surface area contributed by atoms with Crippen LogP contribution in [0.5, 0.6) is 0 Å². The zero-order valence-electron chi connectivity index (χ0n) is 7.80. The minimum absolute atomic E-state index is 0.0925. The number of nitrogens with zero attached hydrogens (tertiary/aromatic N) is 1. The maximum absolute atomic E-state index is 12.1. The van der Waals surface area contributed by atoms with E-state index >= 15 is 0 Å². The van der Waals surface area contributed by atoms with Crippen LogP contribution < -0.4 is 0 Å². The Labute approximate surface area is 80.6 Å². The van der Waals surface area contributed by atoms with Gasteiger partial charge in [-0.1, -0.05) is 0 Å². The summed E-state index contributed by atoms with van der Waals surface area (Å²) in [6.45, 7) is -5.08. The summed E-state index contributed by atoms with van der Waals surface area (Å²) in [5.41, 5.74) is -1.35. The molecule has 1 atom stereocenters. The average Bonchev–Trinajstić information content (AvgIpc) is 2.01. The molecule has 0 spiro atoms. The van der Waals surface area contributed by atoms with Gasteiger partial charge in [0.25, 0.3) is 0 Å². The van der Waals surface area contributed by atoms with Crippen molar-refractivity contribution < 1.29 is 23.2 Å². The van der Waals surface area contributed by atoms with Crippen LogP contribution in [0.2, 0.25) is 0 Å². The van der Waals surface area contributed by atoms with Gasteiger partial charge in [-0.25, -0.2) is 0 Å². The zero-order valence-corrected chi connectivity index (χ0v) is 7.80. The molecule has 0 aliphatic carbocycles. The van der Waals surface area contributed by atoms with Crippen molar-refractivity contribution in [2.24, 2.45) is 0 Å². The normalized spacial score (nSPS) is 30.6. The van der Waals surface area contributed by atoms with Crippen molar-refractivity contribution in [3.63, 3.8) is 0 Å². The third-order valence-corrected chi connectivity index (χ3v) is 2.39. The van der Waals surface area contributed by atoms with Gasteiger partial charge in [0.1, 0.15) is 5.60 Å². The summed E-state index contributed by atoms with van der Waals surface area (Å²) >= 11 is 0. The summed E-state index contributed by atoms with van der Waals surface area (Å²) in [5.74, 6) is 0. The Kier molecular flexibility index (Phi) is 3.44. The number of piperidine rings is 1. The predicted octanol–water partition coefficient (Wildman–Crippen LogP) is 0.192. The van der Waals surface area contributed by atoms with E-state index in [-0.39, 0.29) is 6.54 Å². The van der Waals surface area contributed by atoms with Crippen molar-refractivity contribution in [1.29, 1.82) is 0 Å². The first-order chi connectivity index (χ1) is 6.35. The van der Waals surface area contributed by atoms with Gasteiger partial charge in [0, 0.05) is 6.54 Å². The molecule has 0 aromatic carbocycles. The fourth-order valence-corrected chi connectivity index (χ4v) is 1.78. The number of hydrogen-bond donors (Lipinski definition) is 2. The minimum atomic E-state index is -4.85. The van der Waals surface area contributed by atoms with Crippen molar-refractivity contribution in [1.82, 2.24) is 4.90 Å². The molecular formula is C7H14BF3NO2-. The molecule has 7 heteroatoms. The Bertz CT molecular complexity index is 202. The van der Waals surface area contributed by atoms with Crippen molar-refractivity contribution >= 4 is 6.98 Å². The van der Waals surface area contributed by atoms with Crippen molar-refractivity contribution in [3.8, 4) is 0 Å². The van der Waals surface area contributed by atoms with E-state index in [1.165, 1.54) is 0 Å². The molecular weight excluding hydrogens is 198 g/mol. The van der Waals surface area contributed by atoms with Gasteiger partial charge in [-0.3, -0.25) is 0 Å². The monoisotopic (exact) mass is 212 g/mol. The summed E-state index contributed by atoms with van der Waals surface area (Å²) in [4.78, 5) is 1.15. The second kappa shape index (κ2) is 4.08. The molecule has 1 heterocycles. The fourth-order valence-electron chi connectivity index (χ4n) is 1.78. The maximum Gasteiger partial charge on any atom is 0.492 e. The average molecular weight is 212 g/mol. The van der Waals surface area contributed by atoms with Crippen LogP contribution in [0.15, 0.2) is 0 Å². The van der Waals surface area contributed by atoms with Crippen LogP contribution in [0.25, 0.3) is 0 Å². The Morgan fingerprint density at radius 1 is 1.36 bits per heavy atom. The number of rotatable bonds is 3. The van der Waals surface area contributed by atoms with Crippen LogP contribution in [0.3, 0.4) is 0 Å². The first-order valence-electron chi connectivity index (χ1n) is 4.61. The van der Waals surface area contributed by atoms with E-state index < -0.39 is 25.6 Å². The van der Waals surface area contributed by atoms with E-state index in [1.54, 1.807) is 0 Å². The van der Waals surface area contributed by atoms with Gasteiger partial charge in [-0.05, 0) is 25.8 Å². The number of hydrogen-bond acceptors (Lipinski definition) is 3. The maximum atomic E-state index is 12.1. The van der Waals surface area contributed by atoms with Gasteiger partial charge < -0.3 is 28.1 Å². The summed E-state index contributed by atoms with van der Waals surface area (Å²) in [6.07, 6.45) is -0.101. The molecule has 14 heavy (non-hydrogen) atoms. The van der Waals surface area contributed by atoms with Crippen LogP contribution in [-0.2, 0) is 0 Å². The van der Waals surface area contributed by atoms with E-state index in [0.29, 0.717) is 19.4 Å². The molecule has 0 amide bonds. The van der Waals surface area contributed by atoms with E-state index in [0.717, 1.165) is 4.90 Å². The molecule has 3 nitrogen and oxygen atoms in total. The van der Waals surface area contributed by atoms with E-state index in [1.807, 2.05) is 0 Å². The molecule has 2 N–H and O–H groups in total. The molecule has 0 aromatic heterocycles. The highest BCUT2D eigenvalue weighted by atomic mass is 19.4. The third kappa shape index (κ3) is 3.47. The standard InChI is InChI=1S/C7H14BF3NO2/c9-8(10,11)6-12-3-1-2-7(14,4-12)5-13/h13-14H,1-6H2/q-1. The number of aliphatic hydroxyl groups excluding tert-OH is 1. The summed E-state index contributed by atoms with van der Waals surface area (Å²) in [5, 5.41) is 18.4. The van der Waals surface area contributed by atoms with Gasteiger partial charge in [0.2, 0.25) is 0 Å². The lowest BCUT2D eigenvalue weighted by atomic mass is 9.87. The van der Waals surface area contributed by atoms with Gasteiger partial charge in [-0.15, -0.1) is 0 Å². The molecule has 1 fully saturated rings. The van der Waals surface area contributed by atoms with Crippen molar-refractivity contribution in [3.05, 3.63) is 0 Å². The van der Waals surface area contributed by atoms with Crippen LogP contribution >= 0.6 is 0 Å². The fraction of sp³-hybridized carbons (Fsp3) is 1.00. The van der Waals surface area contributed by atoms with Crippen LogP contribution in [0.1, 0.15) is 12.8 Å². The van der Waals surface area contributed by atoms with Crippen LogP contribution in [-0.4, -0.2) is 53.8 Å². The highest BCUT2D eigenvalue weighted by Crippen LogP contribution is 2.22. The highest BCUT2D eigenvalue weighted by Gasteiger charge is 2.35. The minimum Gasteiger partial charge on any atom is -0.448 e. The largest absolute Gasteiger partial charge is 0.492 e. The van der Waals surface area contributed by atoms with Crippen LogP contribution in [0, 0.1) is 0 Å². The molecule has 1 aliphatic rings. The van der Waals surface area contributed by atoms with Gasteiger partial charge in [0.15, 0.2) is 0 Å². The number of aliphatic hydroxyl groups is 2. The van der Waals surface area contributed by atoms with Gasteiger partial charge in [0.05, 0.1) is 6.61 Å². The zero-order chi connectivity index (χ0) is 10.8. The SMILES string of the molecule is OCC1(O)CCCN(C[B-](F)(F)F)C1. The number of halogens is 3. The number of β-amino-alcohol motifs (C(OH)–C–C–N with tert-alkyl or cyclic N) is 1. The summed E-state index contributed by atoms with van der Waals surface area (Å²) in [6, 6.07) is 0. The first kappa shape index (κ1) is 11.8. The first-order valence-corrected chi connectivity index (χ1v) is 4.61. The molecule has 0 bridgehead atoms. The molecule has 0 saturated carbocycles. The highest BCUT2D eigenvalue weighted by molar-refractivity contribution is 6.58. The molecule has 1 rings (SSSR count). The summed E-state index contributed by atoms with van der Waals surface area (Å²) in [7, 11) is 0. The van der Waals surface area contributed by atoms with Crippen LogP contribution in [0.4, 0.5) is 12.9 Å². The van der Waals surface area contributed by atoms with Gasteiger partial charge >= 0.3 is 6.98 Å². The lowest BCUT2D eigenvalue weighted by Crippen LogP contribution is -2.53. The van der Waals surface area contributed by atoms with E-state index in [4.69, 9.17) is 5.11 Å². The Balaban J connectivity index is 2.48. The second-order valence-electron chi connectivity index (χ2n) is 3.93. The van der Waals surface area contributed by atoms with E-state index in [2.05, 4.69) is 0 Å².